The fourth-order valence-electron chi connectivity index (χ4n) is 1.09. The third-order valence-corrected chi connectivity index (χ3v) is 2.39. The molecule has 5 heteroatoms. The van der Waals surface area contributed by atoms with E-state index in [-0.39, 0.29) is 6.61 Å². The molecule has 0 aliphatic carbocycles. The van der Waals surface area contributed by atoms with Crippen molar-refractivity contribution in [2.24, 2.45) is 0 Å². The van der Waals surface area contributed by atoms with Gasteiger partial charge < -0.3 is 18.8 Å². The molecular weight excluding hydrogens is 188 g/mol. The van der Waals surface area contributed by atoms with Gasteiger partial charge in [0.25, 0.3) is 0 Å². The third kappa shape index (κ3) is 12.1. The second kappa shape index (κ2) is 7.46. The van der Waals surface area contributed by atoms with Crippen molar-refractivity contribution in [3.63, 3.8) is 0 Å². The van der Waals surface area contributed by atoms with E-state index in [1.807, 2.05) is 0 Å². The summed E-state index contributed by atoms with van der Waals surface area (Å²) in [6.07, 6.45) is 6.63. The largest absolute Gasteiger partial charge is 0.671 e. The summed E-state index contributed by atoms with van der Waals surface area (Å²) in [5.41, 5.74) is 0. The van der Waals surface area contributed by atoms with Gasteiger partial charge in [-0.2, -0.15) is 0 Å². The van der Waals surface area contributed by atoms with Gasteiger partial charge in [0.15, 0.2) is 0 Å². The molecule has 0 saturated carbocycles. The molecule has 0 aromatic rings. The van der Waals surface area contributed by atoms with Crippen LogP contribution in [-0.4, -0.2) is 30.0 Å². The van der Waals surface area contributed by atoms with Crippen LogP contribution in [0, 0.1) is 0 Å². The van der Waals surface area contributed by atoms with Gasteiger partial charge in [-0.05, 0) is 6.42 Å². The SMILES string of the molecule is CCCCCCCCO[Si](O)(O)O. The van der Waals surface area contributed by atoms with E-state index in [0.717, 1.165) is 19.3 Å². The first-order valence-electron chi connectivity index (χ1n) is 4.87. The predicted molar refractivity (Wildman–Crippen MR) is 51.7 cm³/mol. The van der Waals surface area contributed by atoms with Crippen LogP contribution in [0.3, 0.4) is 0 Å². The summed E-state index contributed by atoms with van der Waals surface area (Å²) in [6, 6.07) is 0. The smallest absolute Gasteiger partial charge is 0.368 e. The Labute approximate surface area is 80.7 Å². The van der Waals surface area contributed by atoms with Crippen molar-refractivity contribution >= 4 is 9.05 Å². The van der Waals surface area contributed by atoms with Crippen LogP contribution in [0.4, 0.5) is 0 Å². The molecule has 0 aliphatic rings. The molecule has 80 valence electrons. The second-order valence-electron chi connectivity index (χ2n) is 3.19. The highest BCUT2D eigenvalue weighted by atomic mass is 28.4. The standard InChI is InChI=1S/C8H20O4Si/c1-2-3-4-5-6-7-8-12-13(9,10)11/h9-11H,2-8H2,1H3. The van der Waals surface area contributed by atoms with E-state index in [2.05, 4.69) is 11.3 Å². The molecule has 0 atom stereocenters. The number of unbranched alkanes of at least 4 members (excludes halogenated alkanes) is 5. The van der Waals surface area contributed by atoms with Gasteiger partial charge in [-0.25, -0.2) is 0 Å². The maximum Gasteiger partial charge on any atom is 0.671 e. The summed E-state index contributed by atoms with van der Waals surface area (Å²) in [7, 11) is -4.23. The van der Waals surface area contributed by atoms with Crippen LogP contribution >= 0.6 is 0 Å². The molecule has 0 rings (SSSR count). The quantitative estimate of drug-likeness (QED) is 0.407. The fraction of sp³-hybridized carbons (Fsp3) is 1.00. The van der Waals surface area contributed by atoms with Gasteiger partial charge in [0.05, 0.1) is 0 Å². The van der Waals surface area contributed by atoms with Crippen LogP contribution in [0.15, 0.2) is 0 Å². The Balaban J connectivity index is 3.00. The van der Waals surface area contributed by atoms with Crippen LogP contribution in [0.25, 0.3) is 0 Å². The molecule has 0 saturated heterocycles. The van der Waals surface area contributed by atoms with Gasteiger partial charge in [0.2, 0.25) is 0 Å². The van der Waals surface area contributed by atoms with Crippen molar-refractivity contribution in [1.82, 2.24) is 0 Å². The van der Waals surface area contributed by atoms with Gasteiger partial charge in [-0.15, -0.1) is 0 Å². The molecular formula is C8H20O4Si. The van der Waals surface area contributed by atoms with Crippen LogP contribution in [0.2, 0.25) is 0 Å². The summed E-state index contributed by atoms with van der Waals surface area (Å²) in [4.78, 5) is 25.5. The molecule has 0 bridgehead atoms. The van der Waals surface area contributed by atoms with E-state index in [1.165, 1.54) is 19.3 Å². The van der Waals surface area contributed by atoms with E-state index < -0.39 is 9.05 Å². The van der Waals surface area contributed by atoms with Crippen molar-refractivity contribution in [3.05, 3.63) is 0 Å². The van der Waals surface area contributed by atoms with Crippen LogP contribution in [0.1, 0.15) is 45.4 Å². The zero-order chi connectivity index (χ0) is 10.2. The highest BCUT2D eigenvalue weighted by Gasteiger charge is 2.29. The summed E-state index contributed by atoms with van der Waals surface area (Å²) < 4.78 is 4.44. The molecule has 13 heavy (non-hydrogen) atoms. The molecule has 0 aromatic heterocycles. The lowest BCUT2D eigenvalue weighted by Gasteiger charge is -2.09. The van der Waals surface area contributed by atoms with Crippen molar-refractivity contribution in [3.8, 4) is 0 Å². The van der Waals surface area contributed by atoms with E-state index in [4.69, 9.17) is 14.4 Å². The van der Waals surface area contributed by atoms with Crippen molar-refractivity contribution in [2.75, 3.05) is 6.61 Å². The zero-order valence-corrected chi connectivity index (χ0v) is 9.20. The van der Waals surface area contributed by atoms with Crippen molar-refractivity contribution < 1.29 is 18.8 Å². The Bertz CT molecular complexity index is 113. The minimum atomic E-state index is -4.23. The topological polar surface area (TPSA) is 69.9 Å². The maximum atomic E-state index is 8.49. The summed E-state index contributed by atoms with van der Waals surface area (Å²) in [5, 5.41) is 0. The first-order valence-corrected chi connectivity index (χ1v) is 6.62. The Kier molecular flexibility index (Phi) is 7.49. The van der Waals surface area contributed by atoms with Gasteiger partial charge in [0.1, 0.15) is 0 Å². The molecule has 3 N–H and O–H groups in total. The molecule has 0 spiro atoms. The number of hydrogen-bond donors (Lipinski definition) is 3. The second-order valence-corrected chi connectivity index (χ2v) is 4.63. The molecule has 0 fully saturated rings. The Hall–Kier alpha value is 0.0569. The Morgan fingerprint density at radius 2 is 1.46 bits per heavy atom. The average molecular weight is 208 g/mol. The monoisotopic (exact) mass is 208 g/mol. The Morgan fingerprint density at radius 1 is 0.923 bits per heavy atom. The van der Waals surface area contributed by atoms with Gasteiger partial charge in [-0.3, -0.25) is 0 Å². The minimum absolute atomic E-state index is 0.238. The van der Waals surface area contributed by atoms with Crippen molar-refractivity contribution in [2.45, 2.75) is 45.4 Å². The zero-order valence-electron chi connectivity index (χ0n) is 8.20. The van der Waals surface area contributed by atoms with Crippen LogP contribution < -0.4 is 0 Å². The molecule has 0 amide bonds. The number of rotatable bonds is 8. The van der Waals surface area contributed by atoms with E-state index in [0.29, 0.717) is 0 Å². The average Bonchev–Trinajstić information content (AvgIpc) is 2.01. The number of hydrogen-bond acceptors (Lipinski definition) is 4. The summed E-state index contributed by atoms with van der Waals surface area (Å²) >= 11 is 0. The normalized spacial score (nSPS) is 12.0. The molecule has 4 nitrogen and oxygen atoms in total. The lowest BCUT2D eigenvalue weighted by atomic mass is 10.1. The molecule has 0 aromatic carbocycles. The van der Waals surface area contributed by atoms with Gasteiger partial charge in [-0.1, -0.05) is 39.0 Å². The van der Waals surface area contributed by atoms with Gasteiger partial charge >= 0.3 is 9.05 Å². The van der Waals surface area contributed by atoms with Crippen LogP contribution in [0.5, 0.6) is 0 Å². The third-order valence-electron chi connectivity index (χ3n) is 1.79. The summed E-state index contributed by atoms with van der Waals surface area (Å²) in [5.74, 6) is 0. The molecule has 0 heterocycles. The first kappa shape index (κ1) is 13.1. The van der Waals surface area contributed by atoms with E-state index in [9.17, 15) is 0 Å². The van der Waals surface area contributed by atoms with E-state index in [1.54, 1.807) is 0 Å². The highest BCUT2D eigenvalue weighted by Crippen LogP contribution is 2.05. The Morgan fingerprint density at radius 3 is 2.00 bits per heavy atom. The lowest BCUT2D eigenvalue weighted by molar-refractivity contribution is 0.0618. The maximum absolute atomic E-state index is 8.49. The molecule has 0 unspecified atom stereocenters. The molecule has 0 radical (unpaired) electrons. The molecule has 0 aliphatic heterocycles. The van der Waals surface area contributed by atoms with E-state index >= 15 is 0 Å². The first-order chi connectivity index (χ1) is 6.06. The minimum Gasteiger partial charge on any atom is -0.368 e. The van der Waals surface area contributed by atoms with Gasteiger partial charge in [0, 0.05) is 6.61 Å². The lowest BCUT2D eigenvalue weighted by Crippen LogP contribution is -2.39. The summed E-state index contributed by atoms with van der Waals surface area (Å²) in [6.45, 7) is 2.40. The van der Waals surface area contributed by atoms with Crippen molar-refractivity contribution in [1.29, 1.82) is 0 Å². The van der Waals surface area contributed by atoms with Crippen LogP contribution in [-0.2, 0) is 4.43 Å². The fourth-order valence-corrected chi connectivity index (χ4v) is 1.51. The highest BCUT2D eigenvalue weighted by molar-refractivity contribution is 6.48. The predicted octanol–water partition coefficient (Wildman–Crippen LogP) is 0.776.